The van der Waals surface area contributed by atoms with Gasteiger partial charge in [0.05, 0.1) is 4.90 Å². The van der Waals surface area contributed by atoms with E-state index in [1.807, 2.05) is 26.0 Å². The van der Waals surface area contributed by atoms with Crippen molar-refractivity contribution in [1.29, 1.82) is 0 Å². The van der Waals surface area contributed by atoms with Crippen molar-refractivity contribution in [1.82, 2.24) is 4.72 Å². The zero-order valence-electron chi connectivity index (χ0n) is 11.7. The Bertz CT molecular complexity index is 485. The van der Waals surface area contributed by atoms with E-state index in [0.29, 0.717) is 16.7 Å². The van der Waals surface area contributed by atoms with Gasteiger partial charge in [-0.1, -0.05) is 32.4 Å². The topological polar surface area (TPSA) is 46.2 Å². The number of rotatable bonds is 7. The van der Waals surface area contributed by atoms with E-state index in [1.165, 1.54) is 0 Å². The Morgan fingerprint density at radius 2 is 1.79 bits per heavy atom. The Balaban J connectivity index is 2.82. The standard InChI is InChI=1S/C14H22ClNO2S/c1-4-11(2)12(3)16-19(17,18)14-7-5-13(6-8-14)9-10-15/h5-8,11-12,16H,4,9-10H2,1-3H3. The van der Waals surface area contributed by atoms with E-state index in [-0.39, 0.29) is 6.04 Å². The van der Waals surface area contributed by atoms with Crippen LogP contribution in [0.2, 0.25) is 0 Å². The van der Waals surface area contributed by atoms with Gasteiger partial charge < -0.3 is 0 Å². The fourth-order valence-electron chi connectivity index (χ4n) is 1.73. The molecule has 19 heavy (non-hydrogen) atoms. The summed E-state index contributed by atoms with van der Waals surface area (Å²) in [5.74, 6) is 0.848. The van der Waals surface area contributed by atoms with Gasteiger partial charge in [-0.2, -0.15) is 0 Å². The second kappa shape index (κ2) is 7.27. The minimum atomic E-state index is -3.43. The monoisotopic (exact) mass is 303 g/mol. The first-order valence-corrected chi connectivity index (χ1v) is 8.59. The second-order valence-corrected chi connectivity index (χ2v) is 6.97. The Labute approximate surface area is 121 Å². The lowest BCUT2D eigenvalue weighted by Crippen LogP contribution is -2.36. The summed E-state index contributed by atoms with van der Waals surface area (Å²) in [7, 11) is -3.43. The van der Waals surface area contributed by atoms with Crippen LogP contribution >= 0.6 is 11.6 Å². The molecule has 3 nitrogen and oxygen atoms in total. The van der Waals surface area contributed by atoms with Crippen molar-refractivity contribution >= 4 is 21.6 Å². The summed E-state index contributed by atoms with van der Waals surface area (Å²) in [4.78, 5) is 0.306. The summed E-state index contributed by atoms with van der Waals surface area (Å²) in [5.41, 5.74) is 1.05. The van der Waals surface area contributed by atoms with Crippen molar-refractivity contribution < 1.29 is 8.42 Å². The van der Waals surface area contributed by atoms with Gasteiger partial charge in [-0.25, -0.2) is 13.1 Å². The van der Waals surface area contributed by atoms with Crippen molar-refractivity contribution in [3.63, 3.8) is 0 Å². The van der Waals surface area contributed by atoms with E-state index < -0.39 is 10.0 Å². The number of hydrogen-bond acceptors (Lipinski definition) is 2. The maximum atomic E-state index is 12.2. The molecule has 0 saturated heterocycles. The summed E-state index contributed by atoms with van der Waals surface area (Å²) >= 11 is 5.65. The first-order chi connectivity index (χ1) is 8.90. The first kappa shape index (κ1) is 16.5. The highest BCUT2D eigenvalue weighted by Gasteiger charge is 2.20. The lowest BCUT2D eigenvalue weighted by Gasteiger charge is -2.19. The summed E-state index contributed by atoms with van der Waals surface area (Å²) in [6.45, 7) is 5.99. The van der Waals surface area contributed by atoms with Crippen LogP contribution < -0.4 is 4.72 Å². The Morgan fingerprint density at radius 3 is 2.26 bits per heavy atom. The molecule has 108 valence electrons. The number of nitrogens with one attached hydrogen (secondary N) is 1. The van der Waals surface area contributed by atoms with E-state index in [2.05, 4.69) is 11.6 Å². The van der Waals surface area contributed by atoms with E-state index >= 15 is 0 Å². The molecular weight excluding hydrogens is 282 g/mol. The van der Waals surface area contributed by atoms with Crippen LogP contribution in [0.25, 0.3) is 0 Å². The smallest absolute Gasteiger partial charge is 0.208 e. The Kier molecular flexibility index (Phi) is 6.30. The predicted molar refractivity (Wildman–Crippen MR) is 80.1 cm³/mol. The Hall–Kier alpha value is -0.580. The van der Waals surface area contributed by atoms with Crippen LogP contribution in [0.5, 0.6) is 0 Å². The van der Waals surface area contributed by atoms with E-state index in [0.717, 1.165) is 18.4 Å². The van der Waals surface area contributed by atoms with Gasteiger partial charge in [0.1, 0.15) is 0 Å². The zero-order valence-corrected chi connectivity index (χ0v) is 13.3. The van der Waals surface area contributed by atoms with Crippen LogP contribution in [0.3, 0.4) is 0 Å². The molecule has 0 heterocycles. The largest absolute Gasteiger partial charge is 0.240 e. The average molecular weight is 304 g/mol. The molecule has 2 unspecified atom stereocenters. The molecular formula is C14H22ClNO2S. The number of halogens is 1. The molecule has 1 aromatic rings. The lowest BCUT2D eigenvalue weighted by molar-refractivity contribution is 0.434. The van der Waals surface area contributed by atoms with E-state index in [4.69, 9.17) is 11.6 Å². The van der Waals surface area contributed by atoms with Crippen LogP contribution in [0, 0.1) is 5.92 Å². The molecule has 5 heteroatoms. The molecule has 0 bridgehead atoms. The molecule has 0 amide bonds. The summed E-state index contributed by atoms with van der Waals surface area (Å²) < 4.78 is 27.1. The number of alkyl halides is 1. The molecule has 1 aromatic carbocycles. The van der Waals surface area contributed by atoms with Crippen molar-refractivity contribution in [2.45, 2.75) is 44.6 Å². The third kappa shape index (κ3) is 4.79. The third-order valence-corrected chi connectivity index (χ3v) is 5.22. The molecule has 0 radical (unpaired) electrons. The van der Waals surface area contributed by atoms with Crippen LogP contribution in [0.1, 0.15) is 32.8 Å². The van der Waals surface area contributed by atoms with Crippen molar-refractivity contribution in [3.8, 4) is 0 Å². The van der Waals surface area contributed by atoms with E-state index in [9.17, 15) is 8.42 Å². The van der Waals surface area contributed by atoms with Crippen molar-refractivity contribution in [2.24, 2.45) is 5.92 Å². The minimum Gasteiger partial charge on any atom is -0.208 e. The average Bonchev–Trinajstić information content (AvgIpc) is 2.38. The minimum absolute atomic E-state index is 0.0717. The zero-order chi connectivity index (χ0) is 14.5. The van der Waals surface area contributed by atoms with Gasteiger partial charge in [0.25, 0.3) is 0 Å². The summed E-state index contributed by atoms with van der Waals surface area (Å²) in [5, 5.41) is 0. The first-order valence-electron chi connectivity index (χ1n) is 6.58. The summed E-state index contributed by atoms with van der Waals surface area (Å²) in [6, 6.07) is 6.81. The number of hydrogen-bond donors (Lipinski definition) is 1. The number of benzene rings is 1. The van der Waals surface area contributed by atoms with Gasteiger partial charge in [-0.3, -0.25) is 0 Å². The molecule has 0 fully saturated rings. The maximum absolute atomic E-state index is 12.2. The van der Waals surface area contributed by atoms with Crippen LogP contribution in [0.4, 0.5) is 0 Å². The van der Waals surface area contributed by atoms with Crippen LogP contribution in [-0.4, -0.2) is 20.3 Å². The summed E-state index contributed by atoms with van der Waals surface area (Å²) in [6.07, 6.45) is 1.69. The molecule has 1 rings (SSSR count). The molecule has 0 aliphatic carbocycles. The predicted octanol–water partition coefficient (Wildman–Crippen LogP) is 3.18. The molecule has 0 aromatic heterocycles. The van der Waals surface area contributed by atoms with Gasteiger partial charge in [-0.05, 0) is 37.0 Å². The Morgan fingerprint density at radius 1 is 1.21 bits per heavy atom. The lowest BCUT2D eigenvalue weighted by atomic mass is 10.0. The highest BCUT2D eigenvalue weighted by atomic mass is 35.5. The maximum Gasteiger partial charge on any atom is 0.240 e. The molecule has 1 N–H and O–H groups in total. The molecule has 0 spiro atoms. The van der Waals surface area contributed by atoms with Crippen LogP contribution in [-0.2, 0) is 16.4 Å². The molecule has 0 aliphatic heterocycles. The highest BCUT2D eigenvalue weighted by molar-refractivity contribution is 7.89. The van der Waals surface area contributed by atoms with E-state index in [1.54, 1.807) is 12.1 Å². The van der Waals surface area contributed by atoms with Crippen molar-refractivity contribution in [2.75, 3.05) is 5.88 Å². The highest BCUT2D eigenvalue weighted by Crippen LogP contribution is 2.14. The van der Waals surface area contributed by atoms with Gasteiger partial charge in [0, 0.05) is 11.9 Å². The molecule has 2 atom stereocenters. The van der Waals surface area contributed by atoms with Gasteiger partial charge >= 0.3 is 0 Å². The normalized spacial score (nSPS) is 15.2. The van der Waals surface area contributed by atoms with Gasteiger partial charge in [0.2, 0.25) is 10.0 Å². The quantitative estimate of drug-likeness (QED) is 0.786. The van der Waals surface area contributed by atoms with Gasteiger partial charge in [-0.15, -0.1) is 11.6 Å². The fraction of sp³-hybridized carbons (Fsp3) is 0.571. The second-order valence-electron chi connectivity index (χ2n) is 4.88. The van der Waals surface area contributed by atoms with Gasteiger partial charge in [0.15, 0.2) is 0 Å². The molecule has 0 aliphatic rings. The third-order valence-electron chi connectivity index (χ3n) is 3.46. The number of aryl methyl sites for hydroxylation is 1. The fourth-order valence-corrected chi connectivity index (χ4v) is 3.30. The SMILES string of the molecule is CCC(C)C(C)NS(=O)(=O)c1ccc(CCCl)cc1. The molecule has 0 saturated carbocycles. The van der Waals surface area contributed by atoms with Crippen LogP contribution in [0.15, 0.2) is 29.2 Å². The van der Waals surface area contributed by atoms with Crippen molar-refractivity contribution in [3.05, 3.63) is 29.8 Å². The number of sulfonamides is 1.